The number of rotatable bonds is 3. The SMILES string of the molecule is CCCCSC1=NCCS1. The second kappa shape index (κ2) is 5.08. The zero-order valence-electron chi connectivity index (χ0n) is 6.30. The first-order chi connectivity index (χ1) is 4.93. The Morgan fingerprint density at radius 1 is 1.70 bits per heavy atom. The molecule has 58 valence electrons. The van der Waals surface area contributed by atoms with E-state index < -0.39 is 0 Å². The molecule has 0 N–H and O–H groups in total. The van der Waals surface area contributed by atoms with E-state index in [2.05, 4.69) is 11.9 Å². The standard InChI is InChI=1S/C7H13NS2/c1-2-3-5-9-7-8-4-6-10-7/h2-6H2,1H3. The Bertz CT molecular complexity index is 123. The van der Waals surface area contributed by atoms with Crippen LogP contribution in [0.1, 0.15) is 19.8 Å². The van der Waals surface area contributed by atoms with E-state index in [4.69, 9.17) is 0 Å². The molecule has 0 spiro atoms. The lowest BCUT2D eigenvalue weighted by Gasteiger charge is -1.96. The molecule has 0 bridgehead atoms. The van der Waals surface area contributed by atoms with Crippen LogP contribution in [0.3, 0.4) is 0 Å². The van der Waals surface area contributed by atoms with Gasteiger partial charge in [0.2, 0.25) is 0 Å². The minimum absolute atomic E-state index is 1.04. The molecule has 10 heavy (non-hydrogen) atoms. The van der Waals surface area contributed by atoms with Gasteiger partial charge < -0.3 is 0 Å². The number of thioether (sulfide) groups is 2. The fourth-order valence-electron chi connectivity index (χ4n) is 0.707. The lowest BCUT2D eigenvalue weighted by Crippen LogP contribution is -1.83. The predicted molar refractivity (Wildman–Crippen MR) is 52.1 cm³/mol. The summed E-state index contributed by atoms with van der Waals surface area (Å²) in [5.41, 5.74) is 0. The molecule has 0 radical (unpaired) electrons. The number of hydrogen-bond donors (Lipinski definition) is 0. The Balaban J connectivity index is 2.01. The van der Waals surface area contributed by atoms with Crippen LogP contribution in [0.5, 0.6) is 0 Å². The number of hydrogen-bond acceptors (Lipinski definition) is 3. The molecule has 1 rings (SSSR count). The van der Waals surface area contributed by atoms with Crippen LogP contribution in [-0.4, -0.2) is 22.4 Å². The van der Waals surface area contributed by atoms with Crippen molar-refractivity contribution in [3.8, 4) is 0 Å². The third-order valence-electron chi connectivity index (χ3n) is 1.28. The van der Waals surface area contributed by atoms with E-state index in [1.807, 2.05) is 23.5 Å². The van der Waals surface area contributed by atoms with Crippen molar-refractivity contribution in [2.75, 3.05) is 18.1 Å². The summed E-state index contributed by atoms with van der Waals surface area (Å²) in [6.45, 7) is 3.27. The minimum Gasteiger partial charge on any atom is -0.271 e. The van der Waals surface area contributed by atoms with Crippen molar-refractivity contribution < 1.29 is 0 Å². The molecule has 0 fully saturated rings. The van der Waals surface area contributed by atoms with Gasteiger partial charge in [-0.05, 0) is 12.2 Å². The normalized spacial score (nSPS) is 17.5. The third kappa shape index (κ3) is 2.97. The Hall–Kier alpha value is 0.370. The van der Waals surface area contributed by atoms with Gasteiger partial charge in [-0.15, -0.1) is 0 Å². The first kappa shape index (κ1) is 8.47. The van der Waals surface area contributed by atoms with E-state index >= 15 is 0 Å². The zero-order valence-corrected chi connectivity index (χ0v) is 7.93. The van der Waals surface area contributed by atoms with E-state index in [0.717, 1.165) is 6.54 Å². The first-order valence-electron chi connectivity index (χ1n) is 3.73. The van der Waals surface area contributed by atoms with Crippen molar-refractivity contribution in [2.24, 2.45) is 4.99 Å². The smallest absolute Gasteiger partial charge is 0.124 e. The Morgan fingerprint density at radius 3 is 3.20 bits per heavy atom. The summed E-state index contributed by atoms with van der Waals surface area (Å²) < 4.78 is 1.31. The molecule has 1 aliphatic heterocycles. The van der Waals surface area contributed by atoms with Crippen LogP contribution >= 0.6 is 23.5 Å². The summed E-state index contributed by atoms with van der Waals surface area (Å²) in [4.78, 5) is 4.35. The van der Waals surface area contributed by atoms with E-state index in [1.54, 1.807) is 0 Å². The summed E-state index contributed by atoms with van der Waals surface area (Å²) in [5, 5.41) is 0. The van der Waals surface area contributed by atoms with Crippen LogP contribution in [-0.2, 0) is 0 Å². The highest BCUT2D eigenvalue weighted by Gasteiger charge is 2.05. The zero-order chi connectivity index (χ0) is 7.23. The molecule has 0 amide bonds. The maximum absolute atomic E-state index is 4.35. The van der Waals surface area contributed by atoms with Gasteiger partial charge in [0.25, 0.3) is 0 Å². The summed E-state index contributed by atoms with van der Waals surface area (Å²) in [7, 11) is 0. The Labute approximate surface area is 71.1 Å². The van der Waals surface area contributed by atoms with E-state index in [1.165, 1.54) is 28.7 Å². The van der Waals surface area contributed by atoms with Gasteiger partial charge in [0, 0.05) is 5.75 Å². The molecular formula is C7H13NS2. The maximum Gasteiger partial charge on any atom is 0.124 e. The topological polar surface area (TPSA) is 12.4 Å². The molecule has 0 aromatic heterocycles. The largest absolute Gasteiger partial charge is 0.271 e. The summed E-state index contributed by atoms with van der Waals surface area (Å²) in [5.74, 6) is 2.46. The maximum atomic E-state index is 4.35. The highest BCUT2D eigenvalue weighted by atomic mass is 32.2. The van der Waals surface area contributed by atoms with Gasteiger partial charge in [0.15, 0.2) is 0 Å². The molecule has 1 aliphatic rings. The molecule has 1 heterocycles. The molecule has 0 aromatic rings. The van der Waals surface area contributed by atoms with Gasteiger partial charge >= 0.3 is 0 Å². The van der Waals surface area contributed by atoms with Crippen LogP contribution in [0.2, 0.25) is 0 Å². The van der Waals surface area contributed by atoms with Gasteiger partial charge in [-0.25, -0.2) is 0 Å². The van der Waals surface area contributed by atoms with E-state index in [9.17, 15) is 0 Å². The number of aliphatic imine (C=N–C) groups is 1. The van der Waals surface area contributed by atoms with Crippen LogP contribution in [0.15, 0.2) is 4.99 Å². The molecule has 0 atom stereocenters. The second-order valence-corrected chi connectivity index (χ2v) is 4.62. The molecule has 0 unspecified atom stereocenters. The van der Waals surface area contributed by atoms with Crippen molar-refractivity contribution in [3.05, 3.63) is 0 Å². The second-order valence-electron chi connectivity index (χ2n) is 2.20. The summed E-state index contributed by atoms with van der Waals surface area (Å²) in [6, 6.07) is 0. The van der Waals surface area contributed by atoms with Gasteiger partial charge in [0.1, 0.15) is 4.38 Å². The summed E-state index contributed by atoms with van der Waals surface area (Å²) in [6.07, 6.45) is 2.62. The van der Waals surface area contributed by atoms with E-state index in [0.29, 0.717) is 0 Å². The van der Waals surface area contributed by atoms with Crippen LogP contribution in [0, 0.1) is 0 Å². The van der Waals surface area contributed by atoms with Gasteiger partial charge in [-0.3, -0.25) is 4.99 Å². The third-order valence-corrected chi connectivity index (χ3v) is 3.62. The van der Waals surface area contributed by atoms with Gasteiger partial charge in [-0.1, -0.05) is 36.9 Å². The van der Waals surface area contributed by atoms with Crippen LogP contribution in [0.4, 0.5) is 0 Å². The fraction of sp³-hybridized carbons (Fsp3) is 0.857. The Morgan fingerprint density at radius 2 is 2.60 bits per heavy atom. The molecule has 0 aliphatic carbocycles. The number of nitrogens with zero attached hydrogens (tertiary/aromatic N) is 1. The van der Waals surface area contributed by atoms with Crippen LogP contribution < -0.4 is 0 Å². The van der Waals surface area contributed by atoms with Crippen molar-refractivity contribution in [3.63, 3.8) is 0 Å². The first-order valence-corrected chi connectivity index (χ1v) is 5.70. The average Bonchev–Trinajstić information content (AvgIpc) is 2.41. The molecule has 0 saturated carbocycles. The van der Waals surface area contributed by atoms with Crippen molar-refractivity contribution >= 4 is 27.9 Å². The van der Waals surface area contributed by atoms with Crippen molar-refractivity contribution in [1.82, 2.24) is 0 Å². The molecule has 0 saturated heterocycles. The monoisotopic (exact) mass is 175 g/mol. The molecular weight excluding hydrogens is 162 g/mol. The molecule has 3 heteroatoms. The minimum atomic E-state index is 1.04. The lowest BCUT2D eigenvalue weighted by molar-refractivity contribution is 0.898. The van der Waals surface area contributed by atoms with E-state index in [-0.39, 0.29) is 0 Å². The molecule has 1 nitrogen and oxygen atoms in total. The summed E-state index contributed by atoms with van der Waals surface area (Å²) >= 11 is 3.83. The average molecular weight is 175 g/mol. The van der Waals surface area contributed by atoms with Gasteiger partial charge in [-0.2, -0.15) is 0 Å². The number of unbranched alkanes of at least 4 members (excludes halogenated alkanes) is 1. The van der Waals surface area contributed by atoms with Crippen LogP contribution in [0.25, 0.3) is 0 Å². The molecule has 0 aromatic carbocycles. The highest BCUT2D eigenvalue weighted by molar-refractivity contribution is 8.39. The Kier molecular flexibility index (Phi) is 4.30. The predicted octanol–water partition coefficient (Wildman–Crippen LogP) is 2.62. The fourth-order valence-corrected chi connectivity index (χ4v) is 2.87. The lowest BCUT2D eigenvalue weighted by atomic mass is 10.4. The van der Waals surface area contributed by atoms with Crippen molar-refractivity contribution in [1.29, 1.82) is 0 Å². The van der Waals surface area contributed by atoms with Gasteiger partial charge in [0.05, 0.1) is 6.54 Å². The highest BCUT2D eigenvalue weighted by Crippen LogP contribution is 2.22. The quantitative estimate of drug-likeness (QED) is 0.611. The van der Waals surface area contributed by atoms with Crippen molar-refractivity contribution in [2.45, 2.75) is 19.8 Å².